The predicted molar refractivity (Wildman–Crippen MR) is 208 cm³/mol. The third-order valence-electron chi connectivity index (χ3n) is 13.4. The van der Waals surface area contributed by atoms with Gasteiger partial charge >= 0.3 is 5.97 Å². The van der Waals surface area contributed by atoms with E-state index in [1.807, 2.05) is 46.1 Å². The number of carbonyl (C=O) groups excluding carboxylic acids is 2. The number of hydrogen-bond donors (Lipinski definition) is 3. The quantitative estimate of drug-likeness (QED) is 0.193. The molecular formula is C42H46N4O9S. The number of H-pyrrole nitrogens is 1. The number of thioether (sulfide) groups is 1. The Morgan fingerprint density at radius 2 is 1.88 bits per heavy atom. The number of aliphatic hydroxyl groups is 1. The molecule has 0 aliphatic carbocycles. The van der Waals surface area contributed by atoms with Crippen molar-refractivity contribution < 1.29 is 43.5 Å². The summed E-state index contributed by atoms with van der Waals surface area (Å²) in [5, 5.41) is 25.4. The third kappa shape index (κ3) is 4.74. The Hall–Kier alpha value is -4.31. The lowest BCUT2D eigenvalue weighted by molar-refractivity contribution is -0.181. The van der Waals surface area contributed by atoms with Crippen LogP contribution in [-0.4, -0.2) is 113 Å². The summed E-state index contributed by atoms with van der Waals surface area (Å²) in [5.74, 6) is 1.62. The molecule has 1 unspecified atom stereocenters. The largest absolute Gasteiger partial charge is 0.504 e. The lowest BCUT2D eigenvalue weighted by Gasteiger charge is -2.62. The Labute approximate surface area is 328 Å². The second kappa shape index (κ2) is 12.9. The molecule has 4 bridgehead atoms. The highest BCUT2D eigenvalue weighted by Gasteiger charge is 2.61. The van der Waals surface area contributed by atoms with Crippen molar-refractivity contribution in [2.75, 3.05) is 53.5 Å². The minimum absolute atomic E-state index is 0.0204. The van der Waals surface area contributed by atoms with Crippen molar-refractivity contribution in [3.8, 4) is 28.7 Å². The number of aromatic amines is 1. The van der Waals surface area contributed by atoms with Crippen molar-refractivity contribution >= 4 is 34.4 Å². The molecule has 14 heteroatoms. The average Bonchev–Trinajstić information content (AvgIpc) is 3.80. The van der Waals surface area contributed by atoms with E-state index >= 15 is 4.79 Å². The maximum Gasteiger partial charge on any atom is 0.308 e. The Bertz CT molecular complexity index is 2350. The number of aryl methyl sites for hydroxylation is 1. The van der Waals surface area contributed by atoms with Crippen LogP contribution in [0.4, 0.5) is 0 Å². The fraction of sp³-hybridized carbons (Fsp3) is 0.476. The maximum atomic E-state index is 15.0. The lowest BCUT2D eigenvalue weighted by Crippen LogP contribution is -2.69. The average molecular weight is 783 g/mol. The molecule has 1 aromatic heterocycles. The molecule has 13 nitrogen and oxygen atoms in total. The number of methoxy groups -OCH3 is 1. The highest BCUT2D eigenvalue weighted by Crippen LogP contribution is 2.64. The van der Waals surface area contributed by atoms with Gasteiger partial charge in [0, 0.05) is 64.1 Å². The first-order chi connectivity index (χ1) is 27.0. The number of nitrogens with zero attached hydrogens (tertiary/aromatic N) is 3. The third-order valence-corrected chi connectivity index (χ3v) is 14.9. The number of piperazine rings is 1. The highest BCUT2D eigenvalue weighted by molar-refractivity contribution is 7.99. The van der Waals surface area contributed by atoms with Gasteiger partial charge in [-0.15, -0.1) is 11.8 Å². The van der Waals surface area contributed by atoms with E-state index < -0.39 is 41.1 Å². The number of ketones is 1. The maximum absolute atomic E-state index is 15.0. The summed E-state index contributed by atoms with van der Waals surface area (Å²) in [6.07, 6.45) is 0.282. The van der Waals surface area contributed by atoms with Crippen molar-refractivity contribution in [1.82, 2.24) is 19.7 Å². The number of aliphatic hydroxyl groups excluding tert-OH is 1. The highest BCUT2D eigenvalue weighted by atomic mass is 32.2. The van der Waals surface area contributed by atoms with Gasteiger partial charge in [-0.3, -0.25) is 24.3 Å². The molecule has 4 aromatic rings. The van der Waals surface area contributed by atoms with E-state index in [4.69, 9.17) is 23.7 Å². The number of rotatable bonds is 2. The molecule has 2 saturated heterocycles. The lowest BCUT2D eigenvalue weighted by atomic mass is 9.73. The number of aromatic nitrogens is 1. The Morgan fingerprint density at radius 3 is 2.66 bits per heavy atom. The summed E-state index contributed by atoms with van der Waals surface area (Å²) in [6.45, 7) is 5.67. The van der Waals surface area contributed by atoms with Gasteiger partial charge in [0.15, 0.2) is 28.8 Å². The molecule has 1 spiro atoms. The molecule has 0 saturated carbocycles. The number of phenolic OH excluding ortho intramolecular Hbond substituents is 1. The fourth-order valence-electron chi connectivity index (χ4n) is 10.9. The van der Waals surface area contributed by atoms with E-state index in [0.29, 0.717) is 52.8 Å². The number of esters is 1. The number of hydrogen-bond acceptors (Lipinski definition) is 13. The first kappa shape index (κ1) is 36.1. The summed E-state index contributed by atoms with van der Waals surface area (Å²) < 4.78 is 30.9. The van der Waals surface area contributed by atoms with E-state index in [1.165, 1.54) is 6.92 Å². The SMILES string of the molecule is COc1c(C)cc2c(c1O)[C@@H]1C3[C@@H]4SC[C@]5(C(=O)COC[C@H](c6c7c(c(C)c(OC(C)=O)c64)OCO7)N3[C@@H](O)[C@H](C2)N1C)c1[nH]c2ccccc2c1CCN5C. The van der Waals surface area contributed by atoms with Crippen LogP contribution in [0.25, 0.3) is 10.9 Å². The molecule has 3 aromatic carbocycles. The first-order valence-corrected chi connectivity index (χ1v) is 20.3. The van der Waals surface area contributed by atoms with Gasteiger partial charge in [0.2, 0.25) is 6.79 Å². The molecule has 7 atom stereocenters. The normalized spacial score (nSPS) is 29.7. The minimum atomic E-state index is -1.10. The Balaban J connectivity index is 1.26. The van der Waals surface area contributed by atoms with E-state index in [-0.39, 0.29) is 37.6 Å². The second-order valence-electron chi connectivity index (χ2n) is 16.1. The number of ether oxygens (including phenoxy) is 5. The van der Waals surface area contributed by atoms with Gasteiger partial charge in [-0.1, -0.05) is 24.3 Å². The zero-order valence-corrected chi connectivity index (χ0v) is 33.1. The number of para-hydroxylation sites is 1. The summed E-state index contributed by atoms with van der Waals surface area (Å²) >= 11 is 1.60. The van der Waals surface area contributed by atoms with E-state index in [9.17, 15) is 15.0 Å². The number of fused-ring (bicyclic) bond motifs is 12. The Morgan fingerprint density at radius 1 is 1.09 bits per heavy atom. The Kier molecular flexibility index (Phi) is 8.27. The van der Waals surface area contributed by atoms with Crippen molar-refractivity contribution in [3.05, 3.63) is 75.0 Å². The summed E-state index contributed by atoms with van der Waals surface area (Å²) in [6, 6.07) is 8.28. The van der Waals surface area contributed by atoms with Crippen molar-refractivity contribution in [3.63, 3.8) is 0 Å². The van der Waals surface area contributed by atoms with E-state index in [1.54, 1.807) is 18.9 Å². The summed E-state index contributed by atoms with van der Waals surface area (Å²) in [7, 11) is 5.56. The van der Waals surface area contributed by atoms with Crippen LogP contribution in [0.5, 0.6) is 28.7 Å². The molecule has 2 fully saturated rings. The number of aromatic hydroxyl groups is 1. The first-order valence-electron chi connectivity index (χ1n) is 19.2. The van der Waals surface area contributed by atoms with Gasteiger partial charge in [-0.25, -0.2) is 0 Å². The molecule has 0 radical (unpaired) electrons. The van der Waals surface area contributed by atoms with E-state index in [2.05, 4.69) is 31.8 Å². The zero-order valence-electron chi connectivity index (χ0n) is 32.3. The van der Waals surface area contributed by atoms with Crippen molar-refractivity contribution in [2.45, 2.75) is 74.8 Å². The fourth-order valence-corrected chi connectivity index (χ4v) is 12.8. The van der Waals surface area contributed by atoms with Crippen LogP contribution in [0.2, 0.25) is 0 Å². The van der Waals surface area contributed by atoms with Gasteiger partial charge in [0.05, 0.1) is 37.1 Å². The number of Topliss-reactive ketones (excluding diaryl/α,β-unsaturated/α-hetero) is 1. The smallest absolute Gasteiger partial charge is 0.308 e. The molecule has 11 rings (SSSR count). The van der Waals surface area contributed by atoms with Crippen LogP contribution in [0.3, 0.4) is 0 Å². The molecule has 0 amide bonds. The van der Waals surface area contributed by atoms with Crippen LogP contribution < -0.4 is 18.9 Å². The van der Waals surface area contributed by atoms with Gasteiger partial charge < -0.3 is 38.9 Å². The monoisotopic (exact) mass is 782 g/mol. The van der Waals surface area contributed by atoms with Crippen molar-refractivity contribution in [2.24, 2.45) is 0 Å². The molecule has 8 heterocycles. The molecule has 56 heavy (non-hydrogen) atoms. The van der Waals surface area contributed by atoms with Gasteiger partial charge in [-0.05, 0) is 63.5 Å². The van der Waals surface area contributed by atoms with Crippen LogP contribution in [0, 0.1) is 13.8 Å². The predicted octanol–water partition coefficient (Wildman–Crippen LogP) is 4.57. The molecule has 7 aliphatic rings. The summed E-state index contributed by atoms with van der Waals surface area (Å²) in [5.41, 5.74) is 6.44. The zero-order chi connectivity index (χ0) is 38.9. The van der Waals surface area contributed by atoms with Gasteiger partial charge in [0.25, 0.3) is 0 Å². The van der Waals surface area contributed by atoms with Gasteiger partial charge in [-0.2, -0.15) is 0 Å². The molecular weight excluding hydrogens is 737 g/mol. The molecule has 7 aliphatic heterocycles. The van der Waals surface area contributed by atoms with Crippen LogP contribution in [0.15, 0.2) is 30.3 Å². The van der Waals surface area contributed by atoms with Crippen LogP contribution in [-0.2, 0) is 32.7 Å². The van der Waals surface area contributed by atoms with E-state index in [0.717, 1.165) is 50.8 Å². The van der Waals surface area contributed by atoms with Crippen molar-refractivity contribution in [1.29, 1.82) is 0 Å². The van der Waals surface area contributed by atoms with Crippen LogP contribution >= 0.6 is 11.8 Å². The summed E-state index contributed by atoms with van der Waals surface area (Å²) in [4.78, 5) is 38.2. The molecule has 3 N–H and O–H groups in total. The number of phenols is 1. The van der Waals surface area contributed by atoms with Gasteiger partial charge in [0.1, 0.15) is 24.1 Å². The number of nitrogens with one attached hydrogen (secondary N) is 1. The number of carbonyl (C=O) groups is 2. The number of benzene rings is 3. The number of likely N-dealkylation sites (N-methyl/N-ethyl adjacent to an activating group) is 2. The van der Waals surface area contributed by atoms with Crippen LogP contribution in [0.1, 0.15) is 68.9 Å². The second-order valence-corrected chi connectivity index (χ2v) is 17.2. The topological polar surface area (TPSA) is 146 Å². The molecule has 294 valence electrons. The minimum Gasteiger partial charge on any atom is -0.504 e. The standard InChI is InChI=1S/C42H46N4O9S/c1-19-13-22-14-26-41(50)46-27-15-52-16-28(48)42(40-24(11-12-44(42)4)23-9-7-8-10-25(23)43-40)17-56-39(33(46)32(45(26)5)29(22)34(49)35(19)51-6)31-30(27)38-37(53-18-54-38)20(2)36(31)55-21(3)47/h7-10,13,26-27,32-33,39,41,43,49-50H,11-12,14-18H2,1-6H3/t26-,27+,32+,33?,39+,41-,42-/m0/s1.